The number of fused-ring (bicyclic) bond motifs is 1. The van der Waals surface area contributed by atoms with Crippen LogP contribution in [0.25, 0.3) is 6.08 Å². The van der Waals surface area contributed by atoms with Crippen molar-refractivity contribution < 1.29 is 9.53 Å². The van der Waals surface area contributed by atoms with Crippen molar-refractivity contribution in [1.29, 1.82) is 0 Å². The summed E-state index contributed by atoms with van der Waals surface area (Å²) < 4.78 is 5.59. The van der Waals surface area contributed by atoms with E-state index in [-0.39, 0.29) is 11.8 Å². The lowest BCUT2D eigenvalue weighted by Gasteiger charge is -2.19. The first-order valence-corrected chi connectivity index (χ1v) is 9.91. The molecular weight excluding hydrogens is 362 g/mol. The number of amidine groups is 1. The summed E-state index contributed by atoms with van der Waals surface area (Å²) in [5, 5.41) is 2.88. The molecule has 0 bridgehead atoms. The van der Waals surface area contributed by atoms with E-state index in [0.717, 1.165) is 17.7 Å². The molecule has 5 heteroatoms. The van der Waals surface area contributed by atoms with Gasteiger partial charge in [0.25, 0.3) is 0 Å². The van der Waals surface area contributed by atoms with Crippen LogP contribution in [0.4, 0.5) is 0 Å². The van der Waals surface area contributed by atoms with Crippen LogP contribution in [0.15, 0.2) is 70.7 Å². The number of amides is 1. The number of rotatable bonds is 6. The van der Waals surface area contributed by atoms with Crippen molar-refractivity contribution in [3.63, 3.8) is 0 Å². The Morgan fingerprint density at radius 3 is 2.76 bits per heavy atom. The molecule has 0 aromatic heterocycles. The van der Waals surface area contributed by atoms with Crippen molar-refractivity contribution >= 4 is 17.8 Å². The first-order chi connectivity index (χ1) is 14.2. The molecular formula is C24H25N3O2. The number of ether oxygens (including phenoxy) is 1. The van der Waals surface area contributed by atoms with E-state index < -0.39 is 0 Å². The van der Waals surface area contributed by atoms with Gasteiger partial charge in [0.15, 0.2) is 0 Å². The monoisotopic (exact) mass is 387 g/mol. The van der Waals surface area contributed by atoms with E-state index in [0.29, 0.717) is 25.5 Å². The molecule has 0 saturated carbocycles. The Bertz CT molecular complexity index is 1000. The number of benzene rings is 2. The first kappa shape index (κ1) is 19.2. The molecule has 5 nitrogen and oxygen atoms in total. The van der Waals surface area contributed by atoms with Gasteiger partial charge in [-0.05, 0) is 40.8 Å². The lowest BCUT2D eigenvalue weighted by Crippen LogP contribution is -2.29. The van der Waals surface area contributed by atoms with Crippen molar-refractivity contribution in [3.05, 3.63) is 82.4 Å². The molecule has 148 valence electrons. The minimum Gasteiger partial charge on any atom is -0.492 e. The second-order valence-electron chi connectivity index (χ2n) is 7.25. The van der Waals surface area contributed by atoms with Crippen LogP contribution >= 0.6 is 0 Å². The Morgan fingerprint density at radius 1 is 1.21 bits per heavy atom. The number of hydrogen-bond donors (Lipinski definition) is 2. The van der Waals surface area contributed by atoms with Crippen LogP contribution in [0.3, 0.4) is 0 Å². The van der Waals surface area contributed by atoms with E-state index in [9.17, 15) is 4.79 Å². The van der Waals surface area contributed by atoms with Crippen molar-refractivity contribution in [1.82, 2.24) is 5.32 Å². The first-order valence-electron chi connectivity index (χ1n) is 9.91. The molecule has 2 aliphatic rings. The molecule has 2 aromatic carbocycles. The zero-order valence-corrected chi connectivity index (χ0v) is 16.5. The maximum Gasteiger partial charge on any atom is 0.222 e. The van der Waals surface area contributed by atoms with Crippen molar-refractivity contribution in [3.8, 4) is 5.75 Å². The van der Waals surface area contributed by atoms with Gasteiger partial charge < -0.3 is 15.8 Å². The quantitative estimate of drug-likeness (QED) is 0.799. The van der Waals surface area contributed by atoms with Crippen LogP contribution in [0.5, 0.6) is 5.75 Å². The van der Waals surface area contributed by atoms with Gasteiger partial charge in [0.05, 0.1) is 6.54 Å². The molecule has 1 heterocycles. The summed E-state index contributed by atoms with van der Waals surface area (Å²) in [7, 11) is 0. The van der Waals surface area contributed by atoms with Crippen LogP contribution in [0.2, 0.25) is 0 Å². The van der Waals surface area contributed by atoms with Crippen LogP contribution in [0.1, 0.15) is 29.5 Å². The summed E-state index contributed by atoms with van der Waals surface area (Å²) in [5.41, 5.74) is 11.5. The summed E-state index contributed by atoms with van der Waals surface area (Å²) in [4.78, 5) is 16.1. The van der Waals surface area contributed by atoms with Crippen molar-refractivity contribution in [2.75, 3.05) is 19.7 Å². The number of nitrogens with two attached hydrogens (primary N) is 1. The van der Waals surface area contributed by atoms with Crippen LogP contribution in [0, 0.1) is 0 Å². The summed E-state index contributed by atoms with van der Waals surface area (Å²) in [6.07, 6.45) is 5.19. The average Bonchev–Trinajstić information content (AvgIpc) is 3.31. The predicted molar refractivity (Wildman–Crippen MR) is 116 cm³/mol. The summed E-state index contributed by atoms with van der Waals surface area (Å²) in [6, 6.07) is 16.7. The normalized spacial score (nSPS) is 17.3. The molecule has 2 aromatic rings. The fourth-order valence-corrected chi connectivity index (χ4v) is 3.95. The van der Waals surface area contributed by atoms with Gasteiger partial charge in [-0.1, -0.05) is 48.6 Å². The lowest BCUT2D eigenvalue weighted by atomic mass is 9.85. The molecule has 1 aliphatic carbocycles. The Hall–Kier alpha value is -3.18. The highest BCUT2D eigenvalue weighted by molar-refractivity contribution is 6.12. The third-order valence-corrected chi connectivity index (χ3v) is 5.21. The smallest absolute Gasteiger partial charge is 0.222 e. The van der Waals surface area contributed by atoms with E-state index >= 15 is 0 Å². The van der Waals surface area contributed by atoms with Crippen LogP contribution in [-0.4, -0.2) is 31.4 Å². The molecule has 0 saturated heterocycles. The van der Waals surface area contributed by atoms with E-state index in [1.807, 2.05) is 12.1 Å². The predicted octanol–water partition coefficient (Wildman–Crippen LogP) is 3.22. The van der Waals surface area contributed by atoms with Crippen molar-refractivity contribution in [2.24, 2.45) is 10.7 Å². The highest BCUT2D eigenvalue weighted by Crippen LogP contribution is 2.42. The largest absolute Gasteiger partial charge is 0.492 e. The van der Waals surface area contributed by atoms with Gasteiger partial charge in [-0.25, -0.2) is 0 Å². The number of carbonyl (C=O) groups is 1. The minimum absolute atomic E-state index is 0.0997. The minimum atomic E-state index is -0.0997. The number of nitrogens with zero attached hydrogens (tertiary/aromatic N) is 1. The van der Waals surface area contributed by atoms with E-state index in [4.69, 9.17) is 10.5 Å². The second-order valence-corrected chi connectivity index (χ2v) is 7.25. The Morgan fingerprint density at radius 2 is 2.00 bits per heavy atom. The number of aliphatic imine (C=N–C) groups is 1. The average molecular weight is 387 g/mol. The number of nitrogens with one attached hydrogen (secondary N) is 1. The Balaban J connectivity index is 1.60. The Kier molecular flexibility index (Phi) is 5.58. The molecule has 0 radical (unpaired) electrons. The standard InChI is InChI=1S/C24H25N3O2/c1-16(28)27-24-21(10-12-26-24)23-15-18-4-2-3-5-20(18)22(23)14-17-6-8-19(9-7-17)29-13-11-25/h2-10,15,22H,11-14,25H2,1H3,(H,26,27,28). The van der Waals surface area contributed by atoms with Gasteiger partial charge >= 0.3 is 0 Å². The highest BCUT2D eigenvalue weighted by atomic mass is 16.5. The third kappa shape index (κ3) is 4.15. The third-order valence-electron chi connectivity index (χ3n) is 5.21. The molecule has 0 fully saturated rings. The molecule has 1 unspecified atom stereocenters. The van der Waals surface area contributed by atoms with Gasteiger partial charge in [-0.2, -0.15) is 0 Å². The number of hydrogen-bond acceptors (Lipinski definition) is 4. The van der Waals surface area contributed by atoms with Gasteiger partial charge in [-0.15, -0.1) is 0 Å². The molecule has 1 aliphatic heterocycles. The maximum atomic E-state index is 11.6. The summed E-state index contributed by atoms with van der Waals surface area (Å²) >= 11 is 0. The van der Waals surface area contributed by atoms with E-state index in [1.165, 1.54) is 29.2 Å². The maximum absolute atomic E-state index is 11.6. The van der Waals surface area contributed by atoms with Gasteiger partial charge in [0.2, 0.25) is 5.91 Å². The molecule has 3 N–H and O–H groups in total. The molecule has 29 heavy (non-hydrogen) atoms. The van der Waals surface area contributed by atoms with Crippen LogP contribution in [-0.2, 0) is 11.2 Å². The second kappa shape index (κ2) is 8.45. The molecule has 1 atom stereocenters. The van der Waals surface area contributed by atoms with Crippen LogP contribution < -0.4 is 15.8 Å². The van der Waals surface area contributed by atoms with Gasteiger partial charge in [-0.3, -0.25) is 9.79 Å². The van der Waals surface area contributed by atoms with E-state index in [1.54, 1.807) is 0 Å². The zero-order valence-electron chi connectivity index (χ0n) is 16.5. The summed E-state index contributed by atoms with van der Waals surface area (Å²) in [5.74, 6) is 1.62. The Labute approximate surface area is 171 Å². The molecule has 1 amide bonds. The fraction of sp³-hybridized carbons (Fsp3) is 0.250. The lowest BCUT2D eigenvalue weighted by molar-refractivity contribution is -0.117. The SMILES string of the molecule is CC(=O)NC1=NCC=C1C1=Cc2ccccc2C1Cc1ccc(OCCN)cc1. The van der Waals surface area contributed by atoms with E-state index in [2.05, 4.69) is 58.9 Å². The molecule has 0 spiro atoms. The van der Waals surface area contributed by atoms with Gasteiger partial charge in [0.1, 0.15) is 18.2 Å². The topological polar surface area (TPSA) is 76.7 Å². The molecule has 4 rings (SSSR count). The highest BCUT2D eigenvalue weighted by Gasteiger charge is 2.30. The summed E-state index contributed by atoms with van der Waals surface area (Å²) in [6.45, 7) is 3.13. The van der Waals surface area contributed by atoms with Gasteiger partial charge in [0, 0.05) is 25.0 Å². The zero-order chi connectivity index (χ0) is 20.2. The number of carbonyl (C=O) groups excluding carboxylic acids is 1. The van der Waals surface area contributed by atoms with Crippen molar-refractivity contribution in [2.45, 2.75) is 19.3 Å². The fourth-order valence-electron chi connectivity index (χ4n) is 3.95.